The quantitative estimate of drug-likeness (QED) is 0.586. The van der Waals surface area contributed by atoms with Crippen molar-refractivity contribution in [3.63, 3.8) is 0 Å². The summed E-state index contributed by atoms with van der Waals surface area (Å²) in [5.74, 6) is -0.225. The molecule has 1 heterocycles. The Bertz CT molecular complexity index is 597. The first-order valence-corrected chi connectivity index (χ1v) is 6.60. The van der Waals surface area contributed by atoms with Crippen LogP contribution in [-0.2, 0) is 6.42 Å². The number of aromatic hydroxyl groups is 1. The van der Waals surface area contributed by atoms with Crippen LogP contribution >= 0.6 is 11.5 Å². The van der Waals surface area contributed by atoms with Gasteiger partial charge in [-0.2, -0.15) is 0 Å². The van der Waals surface area contributed by atoms with E-state index in [0.29, 0.717) is 28.4 Å². The molecule has 0 radical (unpaired) electrons. The zero-order valence-corrected chi connectivity index (χ0v) is 11.2. The lowest BCUT2D eigenvalue weighted by Gasteiger charge is -2.07. The highest BCUT2D eigenvalue weighted by Crippen LogP contribution is 2.24. The number of aromatic nitrogens is 2. The number of carbonyl (C=O) groups is 1. The number of hydrogen-bond acceptors (Lipinski definition) is 6. The predicted molar refractivity (Wildman–Crippen MR) is 74.4 cm³/mol. The van der Waals surface area contributed by atoms with Gasteiger partial charge < -0.3 is 16.2 Å². The molecule has 7 heteroatoms. The highest BCUT2D eigenvalue weighted by atomic mass is 32.1. The van der Waals surface area contributed by atoms with Crippen LogP contribution in [0.1, 0.15) is 28.7 Å². The van der Waals surface area contributed by atoms with Gasteiger partial charge in [0.25, 0.3) is 5.91 Å². The number of amides is 1. The number of rotatable bonds is 4. The van der Waals surface area contributed by atoms with Crippen LogP contribution in [-0.4, -0.2) is 20.6 Å². The highest BCUT2D eigenvalue weighted by Gasteiger charge is 2.16. The molecule has 6 nitrogen and oxygen atoms in total. The van der Waals surface area contributed by atoms with Gasteiger partial charge >= 0.3 is 0 Å². The molecule has 0 fully saturated rings. The van der Waals surface area contributed by atoms with Crippen molar-refractivity contribution in [3.8, 4) is 5.75 Å². The summed E-state index contributed by atoms with van der Waals surface area (Å²) < 4.78 is 3.80. The Morgan fingerprint density at radius 2 is 2.32 bits per heavy atom. The number of nitrogens with one attached hydrogen (secondary N) is 1. The van der Waals surface area contributed by atoms with Crippen molar-refractivity contribution in [3.05, 3.63) is 28.8 Å². The van der Waals surface area contributed by atoms with E-state index in [1.807, 2.05) is 6.92 Å². The minimum Gasteiger partial charge on any atom is -0.508 e. The molecule has 0 spiro atoms. The van der Waals surface area contributed by atoms with Crippen molar-refractivity contribution in [1.29, 1.82) is 0 Å². The highest BCUT2D eigenvalue weighted by molar-refractivity contribution is 7.08. The Kier molecular flexibility index (Phi) is 3.96. The monoisotopic (exact) mass is 278 g/mol. The molecule has 0 saturated heterocycles. The Hall–Kier alpha value is -2.15. The predicted octanol–water partition coefficient (Wildman–Crippen LogP) is 2.03. The molecule has 1 aromatic heterocycles. The van der Waals surface area contributed by atoms with Gasteiger partial charge in [-0.3, -0.25) is 4.79 Å². The molecule has 0 aliphatic heterocycles. The maximum atomic E-state index is 12.1. The van der Waals surface area contributed by atoms with Crippen molar-refractivity contribution < 1.29 is 9.90 Å². The van der Waals surface area contributed by atoms with E-state index in [0.717, 1.165) is 18.0 Å². The van der Waals surface area contributed by atoms with Gasteiger partial charge in [-0.25, -0.2) is 0 Å². The zero-order chi connectivity index (χ0) is 13.8. The molecule has 0 saturated carbocycles. The number of phenolic OH excluding ortho intramolecular Hbond substituents is 1. The summed E-state index contributed by atoms with van der Waals surface area (Å²) in [6.45, 7) is 2.01. The Morgan fingerprint density at radius 1 is 1.53 bits per heavy atom. The maximum absolute atomic E-state index is 12.1. The molecule has 2 aromatic rings. The van der Waals surface area contributed by atoms with E-state index in [-0.39, 0.29) is 11.7 Å². The van der Waals surface area contributed by atoms with Crippen molar-refractivity contribution in [1.82, 2.24) is 9.59 Å². The summed E-state index contributed by atoms with van der Waals surface area (Å²) in [5, 5.41) is 15.9. The molecule has 0 atom stereocenters. The van der Waals surface area contributed by atoms with E-state index in [4.69, 9.17) is 5.73 Å². The number of nitrogen functional groups attached to an aromatic ring is 1. The second-order valence-corrected chi connectivity index (χ2v) is 4.78. The lowest BCUT2D eigenvalue weighted by molar-refractivity contribution is 0.102. The first kappa shape index (κ1) is 13.3. The second-order valence-electron chi connectivity index (χ2n) is 4.02. The molecule has 2 rings (SSSR count). The average Bonchev–Trinajstić information content (AvgIpc) is 2.81. The average molecular weight is 278 g/mol. The van der Waals surface area contributed by atoms with E-state index < -0.39 is 0 Å². The van der Waals surface area contributed by atoms with E-state index in [1.165, 1.54) is 12.1 Å². The first-order valence-electron chi connectivity index (χ1n) is 5.83. The number of nitrogens with two attached hydrogens (primary N) is 1. The third-order valence-electron chi connectivity index (χ3n) is 2.53. The summed E-state index contributed by atoms with van der Waals surface area (Å²) in [5.41, 5.74) is 7.18. The van der Waals surface area contributed by atoms with E-state index in [1.54, 1.807) is 6.07 Å². The van der Waals surface area contributed by atoms with Crippen LogP contribution in [0.5, 0.6) is 5.75 Å². The van der Waals surface area contributed by atoms with Crippen molar-refractivity contribution >= 4 is 28.8 Å². The van der Waals surface area contributed by atoms with Crippen LogP contribution in [0.3, 0.4) is 0 Å². The van der Waals surface area contributed by atoms with Crippen LogP contribution in [0, 0.1) is 0 Å². The third kappa shape index (κ3) is 3.00. The van der Waals surface area contributed by atoms with Gasteiger partial charge in [0.05, 0.1) is 17.1 Å². The van der Waals surface area contributed by atoms with Gasteiger partial charge in [0, 0.05) is 6.07 Å². The summed E-state index contributed by atoms with van der Waals surface area (Å²) in [4.78, 5) is 12.6. The largest absolute Gasteiger partial charge is 0.508 e. The topological polar surface area (TPSA) is 101 Å². The molecule has 0 unspecified atom stereocenters. The minimum atomic E-state index is -0.282. The fourth-order valence-corrected chi connectivity index (χ4v) is 2.23. The van der Waals surface area contributed by atoms with E-state index >= 15 is 0 Å². The van der Waals surface area contributed by atoms with Crippen molar-refractivity contribution in [2.45, 2.75) is 19.8 Å². The molecule has 0 aliphatic rings. The molecule has 4 N–H and O–H groups in total. The summed E-state index contributed by atoms with van der Waals surface area (Å²) >= 11 is 1.06. The number of anilines is 2. The van der Waals surface area contributed by atoms with Crippen molar-refractivity contribution in [2.24, 2.45) is 0 Å². The number of carbonyl (C=O) groups excluding carboxylic acids is 1. The number of aryl methyl sites for hydroxylation is 1. The lowest BCUT2D eigenvalue weighted by Crippen LogP contribution is -2.13. The number of benzene rings is 1. The standard InChI is InChI=1S/C12H14N4O2S/c1-2-3-10-11(19-16-15-10)12(18)14-9-5-4-7(17)6-8(9)13/h4-6,17H,2-3,13H2,1H3,(H,14,18). The lowest BCUT2D eigenvalue weighted by atomic mass is 10.2. The third-order valence-corrected chi connectivity index (χ3v) is 3.30. The van der Waals surface area contributed by atoms with Gasteiger partial charge in [0.2, 0.25) is 0 Å². The summed E-state index contributed by atoms with van der Waals surface area (Å²) in [7, 11) is 0. The number of phenols is 1. The van der Waals surface area contributed by atoms with E-state index in [2.05, 4.69) is 14.9 Å². The van der Waals surface area contributed by atoms with Crippen LogP contribution in [0.15, 0.2) is 18.2 Å². The van der Waals surface area contributed by atoms with Gasteiger partial charge in [-0.05, 0) is 30.1 Å². The minimum absolute atomic E-state index is 0.0571. The fraction of sp³-hybridized carbons (Fsp3) is 0.250. The van der Waals surface area contributed by atoms with Gasteiger partial charge in [0.1, 0.15) is 10.6 Å². The first-order chi connectivity index (χ1) is 9.11. The molecular weight excluding hydrogens is 264 g/mol. The number of hydrogen-bond donors (Lipinski definition) is 3. The molecule has 0 bridgehead atoms. The van der Waals surface area contributed by atoms with Gasteiger partial charge in [-0.15, -0.1) is 5.10 Å². The fourth-order valence-electron chi connectivity index (χ4n) is 1.62. The molecule has 19 heavy (non-hydrogen) atoms. The zero-order valence-electron chi connectivity index (χ0n) is 10.4. The SMILES string of the molecule is CCCc1nnsc1C(=O)Nc1ccc(O)cc1N. The van der Waals surface area contributed by atoms with Crippen LogP contribution in [0.25, 0.3) is 0 Å². The van der Waals surface area contributed by atoms with E-state index in [9.17, 15) is 9.90 Å². The van der Waals surface area contributed by atoms with Gasteiger partial charge in [-0.1, -0.05) is 17.8 Å². The number of nitrogens with zero attached hydrogens (tertiary/aromatic N) is 2. The summed E-state index contributed by atoms with van der Waals surface area (Å²) in [6, 6.07) is 4.40. The molecular formula is C12H14N4O2S. The Balaban J connectivity index is 2.18. The second kappa shape index (κ2) is 5.66. The molecule has 100 valence electrons. The van der Waals surface area contributed by atoms with Crippen LogP contribution < -0.4 is 11.1 Å². The molecule has 0 aliphatic carbocycles. The Labute approximate surface area is 114 Å². The van der Waals surface area contributed by atoms with Gasteiger partial charge in [0.15, 0.2) is 0 Å². The summed E-state index contributed by atoms with van der Waals surface area (Å²) in [6.07, 6.45) is 1.61. The maximum Gasteiger partial charge on any atom is 0.269 e. The molecule has 1 amide bonds. The van der Waals surface area contributed by atoms with Crippen LogP contribution in [0.2, 0.25) is 0 Å². The molecule has 1 aromatic carbocycles. The smallest absolute Gasteiger partial charge is 0.269 e. The normalized spacial score (nSPS) is 10.4. The Morgan fingerprint density at radius 3 is 3.00 bits per heavy atom. The van der Waals surface area contributed by atoms with Crippen LogP contribution in [0.4, 0.5) is 11.4 Å². The van der Waals surface area contributed by atoms with Crippen molar-refractivity contribution in [2.75, 3.05) is 11.1 Å².